The predicted molar refractivity (Wildman–Crippen MR) is 51.9 cm³/mol. The Morgan fingerprint density at radius 3 is 2.82 bits per heavy atom. The normalized spacial score (nSPS) is 21.6. The quantitative estimate of drug-likeness (QED) is 0.673. The van der Waals surface area contributed by atoms with Crippen LogP contribution in [0.15, 0.2) is 14.2 Å². The van der Waals surface area contributed by atoms with Crippen LogP contribution in [0.25, 0.3) is 0 Å². The molecule has 0 unspecified atom stereocenters. The van der Waals surface area contributed by atoms with Gasteiger partial charge in [-0.15, -0.1) is 0 Å². The van der Waals surface area contributed by atoms with Crippen molar-refractivity contribution >= 4 is 39.0 Å². The molecule has 1 aliphatic heterocycles. The number of allylic oxidation sites excluding steroid dienone is 1. The lowest BCUT2D eigenvalue weighted by Gasteiger charge is -2.17. The van der Waals surface area contributed by atoms with Crippen molar-refractivity contribution < 1.29 is 8.42 Å². The molecule has 11 heavy (non-hydrogen) atoms. The van der Waals surface area contributed by atoms with Crippen LogP contribution in [0.4, 0.5) is 0 Å². The second-order valence-corrected chi connectivity index (χ2v) is 4.75. The van der Waals surface area contributed by atoms with Gasteiger partial charge < -0.3 is 0 Å². The Morgan fingerprint density at radius 2 is 2.36 bits per heavy atom. The largest absolute Gasteiger partial charge is 0.344 e. The first-order valence-corrected chi connectivity index (χ1v) is 5.48. The molecular weight excluding hydrogens is 279 g/mol. The van der Waals surface area contributed by atoms with Crippen molar-refractivity contribution in [2.45, 2.75) is 6.92 Å². The second-order valence-electron chi connectivity index (χ2n) is 1.93. The molecule has 0 radical (unpaired) electrons. The fraction of sp³-hybridized carbons (Fsp3) is 0.400. The standard InChI is InChI=1S/C5H7IN2O2S/c1-2-8-4-5(6)3-7-11(8,9)10/h3-4H,2H2,1H3. The molecule has 0 aromatic carbocycles. The monoisotopic (exact) mass is 286 g/mol. The fourth-order valence-electron chi connectivity index (χ4n) is 0.669. The topological polar surface area (TPSA) is 49.7 Å². The Labute approximate surface area is 79.3 Å². The van der Waals surface area contributed by atoms with Gasteiger partial charge in [-0.25, -0.2) is 0 Å². The van der Waals surface area contributed by atoms with E-state index in [0.717, 1.165) is 3.58 Å². The third-order valence-corrected chi connectivity index (χ3v) is 3.07. The van der Waals surface area contributed by atoms with Gasteiger partial charge in [0.05, 0.1) is 6.21 Å². The first kappa shape index (κ1) is 8.98. The average molecular weight is 286 g/mol. The fourth-order valence-corrected chi connectivity index (χ4v) is 2.46. The molecule has 0 aliphatic carbocycles. The van der Waals surface area contributed by atoms with Gasteiger partial charge in [0.15, 0.2) is 0 Å². The van der Waals surface area contributed by atoms with Crippen LogP contribution in [-0.4, -0.2) is 25.5 Å². The zero-order valence-electron chi connectivity index (χ0n) is 5.86. The molecule has 0 amide bonds. The number of halogens is 1. The Hall–Kier alpha value is -0.110. The minimum atomic E-state index is -3.38. The van der Waals surface area contributed by atoms with Gasteiger partial charge in [0.25, 0.3) is 0 Å². The zero-order valence-corrected chi connectivity index (χ0v) is 8.83. The van der Waals surface area contributed by atoms with Crippen LogP contribution < -0.4 is 0 Å². The van der Waals surface area contributed by atoms with Gasteiger partial charge in [-0.2, -0.15) is 12.8 Å². The summed E-state index contributed by atoms with van der Waals surface area (Å²) < 4.78 is 27.5. The van der Waals surface area contributed by atoms with Crippen LogP contribution in [-0.2, 0) is 10.2 Å². The van der Waals surface area contributed by atoms with Crippen molar-refractivity contribution in [2.24, 2.45) is 4.40 Å². The summed E-state index contributed by atoms with van der Waals surface area (Å²) in [6, 6.07) is 0. The van der Waals surface area contributed by atoms with Crippen LogP contribution in [0.5, 0.6) is 0 Å². The summed E-state index contributed by atoms with van der Waals surface area (Å²) in [4.78, 5) is 0. The SMILES string of the molecule is CCN1C=C(I)C=NS1(=O)=O. The van der Waals surface area contributed by atoms with E-state index in [2.05, 4.69) is 4.40 Å². The maximum absolute atomic E-state index is 11.0. The van der Waals surface area contributed by atoms with Gasteiger partial charge >= 0.3 is 10.2 Å². The molecule has 4 nitrogen and oxygen atoms in total. The van der Waals surface area contributed by atoms with Gasteiger partial charge in [0.2, 0.25) is 0 Å². The van der Waals surface area contributed by atoms with E-state index >= 15 is 0 Å². The molecule has 0 atom stereocenters. The summed E-state index contributed by atoms with van der Waals surface area (Å²) in [5.74, 6) is 0. The molecule has 62 valence electrons. The summed E-state index contributed by atoms with van der Waals surface area (Å²) in [6.45, 7) is 2.19. The maximum atomic E-state index is 11.0. The summed E-state index contributed by atoms with van der Waals surface area (Å²) in [6.07, 6.45) is 2.89. The Bertz CT molecular complexity index is 306. The first-order valence-electron chi connectivity index (χ1n) is 3.00. The molecule has 1 heterocycles. The Kier molecular flexibility index (Phi) is 2.53. The molecule has 1 rings (SSSR count). The molecule has 0 bridgehead atoms. The summed E-state index contributed by atoms with van der Waals surface area (Å²) in [7, 11) is -3.38. The van der Waals surface area contributed by atoms with Crippen LogP contribution in [0.3, 0.4) is 0 Å². The van der Waals surface area contributed by atoms with Crippen LogP contribution in [0.1, 0.15) is 6.92 Å². The average Bonchev–Trinajstić information content (AvgIpc) is 1.94. The van der Waals surface area contributed by atoms with E-state index in [-0.39, 0.29) is 0 Å². The Balaban J connectivity index is 3.03. The van der Waals surface area contributed by atoms with E-state index < -0.39 is 10.2 Å². The predicted octanol–water partition coefficient (Wildman–Crippen LogP) is 0.914. The third kappa shape index (κ3) is 1.92. The molecule has 6 heteroatoms. The van der Waals surface area contributed by atoms with Gasteiger partial charge in [0, 0.05) is 16.3 Å². The molecule has 0 N–H and O–H groups in total. The van der Waals surface area contributed by atoms with Crippen molar-refractivity contribution in [3.05, 3.63) is 9.78 Å². The van der Waals surface area contributed by atoms with Gasteiger partial charge in [-0.05, 0) is 29.5 Å². The Morgan fingerprint density at radius 1 is 1.73 bits per heavy atom. The van der Waals surface area contributed by atoms with E-state index in [1.165, 1.54) is 10.5 Å². The van der Waals surface area contributed by atoms with E-state index in [0.29, 0.717) is 6.54 Å². The number of hydrogen-bond donors (Lipinski definition) is 0. The minimum absolute atomic E-state index is 0.423. The lowest BCUT2D eigenvalue weighted by molar-refractivity contribution is 0.512. The van der Waals surface area contributed by atoms with Crippen LogP contribution in [0, 0.1) is 0 Å². The third-order valence-electron chi connectivity index (χ3n) is 1.18. The highest BCUT2D eigenvalue weighted by atomic mass is 127. The second kappa shape index (κ2) is 3.10. The first-order chi connectivity index (χ1) is 5.06. The van der Waals surface area contributed by atoms with Gasteiger partial charge in [-0.3, -0.25) is 4.31 Å². The van der Waals surface area contributed by atoms with Gasteiger partial charge in [0.1, 0.15) is 0 Å². The van der Waals surface area contributed by atoms with E-state index in [9.17, 15) is 8.42 Å². The molecule has 0 saturated carbocycles. The molecular formula is C5H7IN2O2S. The lowest BCUT2D eigenvalue weighted by atomic mass is 10.6. The van der Waals surface area contributed by atoms with Crippen molar-refractivity contribution in [1.29, 1.82) is 0 Å². The maximum Gasteiger partial charge on any atom is 0.344 e. The lowest BCUT2D eigenvalue weighted by Crippen LogP contribution is -2.26. The minimum Gasteiger partial charge on any atom is -0.258 e. The highest BCUT2D eigenvalue weighted by Gasteiger charge is 2.18. The van der Waals surface area contributed by atoms with Crippen molar-refractivity contribution in [2.75, 3.05) is 6.54 Å². The van der Waals surface area contributed by atoms with E-state index in [1.807, 2.05) is 22.6 Å². The van der Waals surface area contributed by atoms with E-state index in [4.69, 9.17) is 0 Å². The summed E-state index contributed by atoms with van der Waals surface area (Å²) in [5, 5.41) is 0. The highest BCUT2D eigenvalue weighted by molar-refractivity contribution is 14.1. The van der Waals surface area contributed by atoms with Crippen molar-refractivity contribution in [1.82, 2.24) is 4.31 Å². The highest BCUT2D eigenvalue weighted by Crippen LogP contribution is 2.15. The van der Waals surface area contributed by atoms with Crippen molar-refractivity contribution in [3.63, 3.8) is 0 Å². The molecule has 0 fully saturated rings. The molecule has 1 aliphatic rings. The summed E-state index contributed by atoms with van der Waals surface area (Å²) >= 11 is 2.02. The van der Waals surface area contributed by atoms with Gasteiger partial charge in [-0.1, -0.05) is 0 Å². The molecule has 0 aromatic heterocycles. The number of hydrogen-bond acceptors (Lipinski definition) is 2. The number of nitrogens with zero attached hydrogens (tertiary/aromatic N) is 2. The van der Waals surface area contributed by atoms with Crippen molar-refractivity contribution in [3.8, 4) is 0 Å². The summed E-state index contributed by atoms with van der Waals surface area (Å²) in [5.41, 5.74) is 0. The number of rotatable bonds is 1. The smallest absolute Gasteiger partial charge is 0.258 e. The van der Waals surface area contributed by atoms with Crippen LogP contribution >= 0.6 is 22.6 Å². The zero-order chi connectivity index (χ0) is 8.48. The van der Waals surface area contributed by atoms with Crippen LogP contribution in [0.2, 0.25) is 0 Å². The molecule has 0 aromatic rings. The molecule has 0 spiro atoms. The molecule has 0 saturated heterocycles. The van der Waals surface area contributed by atoms with E-state index in [1.54, 1.807) is 13.1 Å².